The third-order valence-electron chi connectivity index (χ3n) is 5.85. The molecule has 0 aromatic carbocycles. The van der Waals surface area contributed by atoms with Crippen molar-refractivity contribution in [3.63, 3.8) is 0 Å². The topological polar surface area (TPSA) is 57.5 Å². The molecule has 3 rings (SSSR count). The average Bonchev–Trinajstić information content (AvgIpc) is 2.52. The summed E-state index contributed by atoms with van der Waals surface area (Å²) in [5.74, 6) is 0.0578. The SMILES string of the molecule is CC1(C)CC2C(O)(C=C(C=O)C3(O)CCC23C)C1. The van der Waals surface area contributed by atoms with Gasteiger partial charge < -0.3 is 10.2 Å². The second kappa shape index (κ2) is 3.07. The molecular formula is C15H22O3. The summed E-state index contributed by atoms with van der Waals surface area (Å²) < 4.78 is 0. The molecule has 3 aliphatic rings. The Morgan fingerprint density at radius 2 is 1.94 bits per heavy atom. The Bertz CT molecular complexity index is 453. The van der Waals surface area contributed by atoms with Gasteiger partial charge in [0.25, 0.3) is 0 Å². The summed E-state index contributed by atoms with van der Waals surface area (Å²) in [6.45, 7) is 6.33. The fourth-order valence-electron chi connectivity index (χ4n) is 4.83. The summed E-state index contributed by atoms with van der Waals surface area (Å²) in [4.78, 5) is 11.2. The van der Waals surface area contributed by atoms with E-state index in [9.17, 15) is 15.0 Å². The molecule has 3 heteroatoms. The lowest BCUT2D eigenvalue weighted by Gasteiger charge is -2.63. The van der Waals surface area contributed by atoms with E-state index in [1.165, 1.54) is 0 Å². The van der Waals surface area contributed by atoms with Crippen LogP contribution in [0.15, 0.2) is 11.6 Å². The Morgan fingerprint density at radius 3 is 2.44 bits per heavy atom. The third kappa shape index (κ3) is 1.19. The molecule has 0 spiro atoms. The fourth-order valence-corrected chi connectivity index (χ4v) is 4.83. The van der Waals surface area contributed by atoms with Gasteiger partial charge in [-0.15, -0.1) is 0 Å². The van der Waals surface area contributed by atoms with Crippen LogP contribution in [0.3, 0.4) is 0 Å². The second-order valence-corrected chi connectivity index (χ2v) is 7.58. The molecule has 2 fully saturated rings. The molecule has 0 saturated heterocycles. The van der Waals surface area contributed by atoms with Crippen LogP contribution in [-0.2, 0) is 4.79 Å². The number of rotatable bonds is 1. The maximum atomic E-state index is 11.2. The van der Waals surface area contributed by atoms with Crippen molar-refractivity contribution in [1.29, 1.82) is 0 Å². The van der Waals surface area contributed by atoms with E-state index < -0.39 is 11.2 Å². The zero-order valence-electron chi connectivity index (χ0n) is 11.4. The number of hydrogen-bond donors (Lipinski definition) is 2. The highest BCUT2D eigenvalue weighted by Crippen LogP contribution is 2.68. The van der Waals surface area contributed by atoms with Crippen LogP contribution >= 0.6 is 0 Å². The van der Waals surface area contributed by atoms with Crippen LogP contribution in [0, 0.1) is 16.7 Å². The van der Waals surface area contributed by atoms with Crippen molar-refractivity contribution in [2.24, 2.45) is 16.7 Å². The molecule has 100 valence electrons. The van der Waals surface area contributed by atoms with Crippen LogP contribution in [-0.4, -0.2) is 27.7 Å². The van der Waals surface area contributed by atoms with Crippen molar-refractivity contribution in [3.05, 3.63) is 11.6 Å². The first-order valence-corrected chi connectivity index (χ1v) is 6.80. The predicted octanol–water partition coefficient (Wildman–Crippen LogP) is 1.82. The lowest BCUT2D eigenvalue weighted by atomic mass is 9.45. The van der Waals surface area contributed by atoms with Crippen molar-refractivity contribution in [2.45, 2.75) is 57.7 Å². The summed E-state index contributed by atoms with van der Waals surface area (Å²) in [6.07, 6.45) is 5.49. The zero-order chi connectivity index (χ0) is 13.4. The first kappa shape index (κ1) is 12.4. The molecule has 18 heavy (non-hydrogen) atoms. The smallest absolute Gasteiger partial charge is 0.148 e. The normalized spacial score (nSPS) is 52.9. The van der Waals surface area contributed by atoms with Gasteiger partial charge in [-0.05, 0) is 37.2 Å². The molecule has 2 saturated carbocycles. The van der Waals surface area contributed by atoms with Crippen LogP contribution in [0.5, 0.6) is 0 Å². The maximum absolute atomic E-state index is 11.2. The van der Waals surface area contributed by atoms with E-state index in [4.69, 9.17) is 0 Å². The maximum Gasteiger partial charge on any atom is 0.148 e. The lowest BCUT2D eigenvalue weighted by Crippen LogP contribution is -2.66. The van der Waals surface area contributed by atoms with Gasteiger partial charge in [0, 0.05) is 16.9 Å². The third-order valence-corrected chi connectivity index (χ3v) is 5.85. The highest BCUT2D eigenvalue weighted by atomic mass is 16.3. The summed E-state index contributed by atoms with van der Waals surface area (Å²) in [5, 5.41) is 21.7. The van der Waals surface area contributed by atoms with Crippen LogP contribution in [0.25, 0.3) is 0 Å². The van der Waals surface area contributed by atoms with Crippen LogP contribution in [0.4, 0.5) is 0 Å². The fraction of sp³-hybridized carbons (Fsp3) is 0.800. The van der Waals surface area contributed by atoms with E-state index in [1.54, 1.807) is 6.08 Å². The van der Waals surface area contributed by atoms with Crippen molar-refractivity contribution in [3.8, 4) is 0 Å². The van der Waals surface area contributed by atoms with Gasteiger partial charge in [-0.25, -0.2) is 0 Å². The number of carbonyl (C=O) groups excluding carboxylic acids is 1. The molecule has 3 aliphatic carbocycles. The Balaban J connectivity index is 2.15. The standard InChI is InChI=1S/C15H22O3/c1-12(2)7-11-13(3)4-5-15(13,18)10(8-16)6-14(11,17)9-12/h6,8,11,17-18H,4-5,7,9H2,1-3H3. The minimum absolute atomic E-state index is 0.0578. The van der Waals surface area contributed by atoms with Gasteiger partial charge in [0.15, 0.2) is 0 Å². The number of aliphatic hydroxyl groups is 2. The summed E-state index contributed by atoms with van der Waals surface area (Å²) in [6, 6.07) is 0. The molecule has 3 nitrogen and oxygen atoms in total. The summed E-state index contributed by atoms with van der Waals surface area (Å²) in [5.41, 5.74) is -1.81. The van der Waals surface area contributed by atoms with E-state index in [1.807, 2.05) is 6.92 Å². The monoisotopic (exact) mass is 250 g/mol. The van der Waals surface area contributed by atoms with Crippen molar-refractivity contribution in [2.75, 3.05) is 0 Å². The van der Waals surface area contributed by atoms with Gasteiger partial charge in [-0.2, -0.15) is 0 Å². The predicted molar refractivity (Wildman–Crippen MR) is 67.9 cm³/mol. The first-order valence-electron chi connectivity index (χ1n) is 6.80. The number of hydrogen-bond acceptors (Lipinski definition) is 3. The quantitative estimate of drug-likeness (QED) is 0.698. The molecule has 4 atom stereocenters. The van der Waals surface area contributed by atoms with Crippen molar-refractivity contribution in [1.82, 2.24) is 0 Å². The van der Waals surface area contributed by atoms with E-state index >= 15 is 0 Å². The molecule has 0 amide bonds. The first-order chi connectivity index (χ1) is 8.17. The zero-order valence-corrected chi connectivity index (χ0v) is 11.4. The number of fused-ring (bicyclic) bond motifs is 3. The summed E-state index contributed by atoms with van der Waals surface area (Å²) >= 11 is 0. The largest absolute Gasteiger partial charge is 0.385 e. The van der Waals surface area contributed by atoms with Gasteiger partial charge in [0.05, 0.1) is 11.2 Å². The molecule has 0 radical (unpaired) electrons. The Labute approximate surface area is 108 Å². The van der Waals surface area contributed by atoms with Gasteiger partial charge >= 0.3 is 0 Å². The number of carbonyl (C=O) groups is 1. The van der Waals surface area contributed by atoms with Crippen molar-refractivity contribution < 1.29 is 15.0 Å². The molecular weight excluding hydrogens is 228 g/mol. The summed E-state index contributed by atoms with van der Waals surface area (Å²) in [7, 11) is 0. The van der Waals surface area contributed by atoms with Crippen molar-refractivity contribution >= 4 is 6.29 Å². The molecule has 0 aliphatic heterocycles. The van der Waals surface area contributed by atoms with Gasteiger partial charge in [0.2, 0.25) is 0 Å². The van der Waals surface area contributed by atoms with E-state index in [2.05, 4.69) is 13.8 Å². The van der Waals surface area contributed by atoms with E-state index in [-0.39, 0.29) is 16.7 Å². The van der Waals surface area contributed by atoms with Gasteiger partial charge in [-0.3, -0.25) is 4.79 Å². The van der Waals surface area contributed by atoms with Crippen LogP contribution < -0.4 is 0 Å². The molecule has 4 unspecified atom stereocenters. The Morgan fingerprint density at radius 1 is 1.28 bits per heavy atom. The lowest BCUT2D eigenvalue weighted by molar-refractivity contribution is -0.199. The van der Waals surface area contributed by atoms with Crippen LogP contribution in [0.1, 0.15) is 46.5 Å². The average molecular weight is 250 g/mol. The highest BCUT2D eigenvalue weighted by Gasteiger charge is 2.70. The minimum Gasteiger partial charge on any atom is -0.385 e. The number of aldehydes is 1. The van der Waals surface area contributed by atoms with Gasteiger partial charge in [-0.1, -0.05) is 20.8 Å². The van der Waals surface area contributed by atoms with E-state index in [0.717, 1.165) is 19.1 Å². The minimum atomic E-state index is -1.01. The van der Waals surface area contributed by atoms with Gasteiger partial charge in [0.1, 0.15) is 6.29 Å². The van der Waals surface area contributed by atoms with Crippen LogP contribution in [0.2, 0.25) is 0 Å². The molecule has 0 aromatic rings. The molecule has 2 N–H and O–H groups in total. The molecule has 0 bridgehead atoms. The Hall–Kier alpha value is -0.670. The second-order valence-electron chi connectivity index (χ2n) is 7.58. The molecule has 0 aromatic heterocycles. The van der Waals surface area contributed by atoms with E-state index in [0.29, 0.717) is 18.4 Å². The molecule has 0 heterocycles. The Kier molecular flexibility index (Phi) is 2.11. The highest BCUT2D eigenvalue weighted by molar-refractivity contribution is 5.79.